The second kappa shape index (κ2) is 12.8. The lowest BCUT2D eigenvalue weighted by Gasteiger charge is -2.32. The molecule has 0 aliphatic heterocycles. The maximum atomic E-state index is 13.7. The van der Waals surface area contributed by atoms with E-state index in [4.69, 9.17) is 21.1 Å². The molecule has 11 heteroatoms. The van der Waals surface area contributed by atoms with E-state index in [0.717, 1.165) is 10.6 Å². The summed E-state index contributed by atoms with van der Waals surface area (Å²) in [7, 11) is -1.08. The van der Waals surface area contributed by atoms with Crippen molar-refractivity contribution in [2.24, 2.45) is 5.92 Å². The summed E-state index contributed by atoms with van der Waals surface area (Å²) >= 11 is 6.33. The molecule has 198 valence electrons. The number of amides is 2. The van der Waals surface area contributed by atoms with Crippen LogP contribution in [0, 0.1) is 5.92 Å². The predicted molar refractivity (Wildman–Crippen MR) is 141 cm³/mol. The third kappa shape index (κ3) is 7.76. The normalized spacial score (nSPS) is 12.1. The van der Waals surface area contributed by atoms with Crippen LogP contribution in [0.4, 0.5) is 5.69 Å². The molecule has 0 fully saturated rings. The second-order valence-corrected chi connectivity index (χ2v) is 11.0. The molecule has 36 heavy (non-hydrogen) atoms. The number of rotatable bonds is 12. The molecule has 0 aliphatic carbocycles. The Bertz CT molecular complexity index is 1170. The molecule has 2 aromatic rings. The van der Waals surface area contributed by atoms with Gasteiger partial charge in [-0.3, -0.25) is 13.9 Å². The molecule has 0 aliphatic rings. The first-order valence-corrected chi connectivity index (χ1v) is 13.6. The first-order valence-electron chi connectivity index (χ1n) is 11.4. The number of methoxy groups -OCH3 is 2. The molecule has 1 atom stereocenters. The smallest absolute Gasteiger partial charge is 0.244 e. The maximum absolute atomic E-state index is 13.7. The van der Waals surface area contributed by atoms with E-state index in [9.17, 15) is 18.0 Å². The SMILES string of the molecule is COc1ccc(OC)c(N(CC(=O)N(Cc2ccccc2Cl)[C@@H](C)C(=O)NCC(C)C)S(C)(=O)=O)c1. The van der Waals surface area contributed by atoms with Crippen LogP contribution in [0.5, 0.6) is 11.5 Å². The zero-order valence-electron chi connectivity index (χ0n) is 21.4. The highest BCUT2D eigenvalue weighted by molar-refractivity contribution is 7.92. The van der Waals surface area contributed by atoms with Gasteiger partial charge in [0.15, 0.2) is 0 Å². The van der Waals surface area contributed by atoms with E-state index in [1.807, 2.05) is 13.8 Å². The Labute approximate surface area is 218 Å². The van der Waals surface area contributed by atoms with E-state index in [0.29, 0.717) is 22.9 Å². The van der Waals surface area contributed by atoms with Crippen LogP contribution in [0.2, 0.25) is 5.02 Å². The van der Waals surface area contributed by atoms with Crippen molar-refractivity contribution in [2.75, 3.05) is 37.9 Å². The average molecular weight is 540 g/mol. The fourth-order valence-corrected chi connectivity index (χ4v) is 4.47. The van der Waals surface area contributed by atoms with Crippen LogP contribution in [0.25, 0.3) is 0 Å². The standard InChI is InChI=1S/C25H34ClN3O6S/c1-17(2)14-27-25(31)18(3)28(15-19-9-7-8-10-21(19)26)24(30)16-29(36(6,32)33)22-13-20(34-4)11-12-23(22)35-5/h7-13,17-18H,14-16H2,1-6H3,(H,27,31)/t18-/m0/s1. The minimum absolute atomic E-state index is 0.0155. The van der Waals surface area contributed by atoms with Crippen molar-refractivity contribution in [1.29, 1.82) is 0 Å². The number of carbonyl (C=O) groups is 2. The summed E-state index contributed by atoms with van der Waals surface area (Å²) in [4.78, 5) is 27.9. The molecule has 0 heterocycles. The van der Waals surface area contributed by atoms with Crippen LogP contribution in [-0.4, -0.2) is 64.7 Å². The van der Waals surface area contributed by atoms with Gasteiger partial charge in [-0.2, -0.15) is 0 Å². The van der Waals surface area contributed by atoms with E-state index < -0.39 is 28.5 Å². The fraction of sp³-hybridized carbons (Fsp3) is 0.440. The molecule has 2 aromatic carbocycles. The molecule has 2 amide bonds. The minimum atomic E-state index is -3.93. The summed E-state index contributed by atoms with van der Waals surface area (Å²) in [6.07, 6.45) is 0.996. The Balaban J connectivity index is 2.47. The van der Waals surface area contributed by atoms with Crippen molar-refractivity contribution >= 4 is 39.1 Å². The van der Waals surface area contributed by atoms with Crippen molar-refractivity contribution in [3.8, 4) is 11.5 Å². The number of halogens is 1. The number of ether oxygens (including phenoxy) is 2. The van der Waals surface area contributed by atoms with E-state index in [-0.39, 0.29) is 29.8 Å². The second-order valence-electron chi connectivity index (χ2n) is 8.74. The van der Waals surface area contributed by atoms with Crippen molar-refractivity contribution in [3.05, 3.63) is 53.1 Å². The Kier molecular flexibility index (Phi) is 10.4. The number of anilines is 1. The van der Waals surface area contributed by atoms with Gasteiger partial charge in [-0.15, -0.1) is 0 Å². The summed E-state index contributed by atoms with van der Waals surface area (Å²) in [5, 5.41) is 3.26. The number of sulfonamides is 1. The van der Waals surface area contributed by atoms with E-state index in [2.05, 4.69) is 5.32 Å². The largest absolute Gasteiger partial charge is 0.497 e. The molecule has 1 N–H and O–H groups in total. The predicted octanol–water partition coefficient (Wildman–Crippen LogP) is 3.31. The third-order valence-electron chi connectivity index (χ3n) is 5.48. The number of nitrogens with one attached hydrogen (secondary N) is 1. The van der Waals surface area contributed by atoms with Gasteiger partial charge in [0.1, 0.15) is 24.1 Å². The Hall–Kier alpha value is -2.98. The quantitative estimate of drug-likeness (QED) is 0.443. The molecule has 0 radical (unpaired) electrons. The first kappa shape index (κ1) is 29.3. The van der Waals surface area contributed by atoms with Crippen LogP contribution < -0.4 is 19.1 Å². The van der Waals surface area contributed by atoms with Crippen LogP contribution >= 0.6 is 11.6 Å². The Morgan fingerprint density at radius 2 is 1.72 bits per heavy atom. The molecular weight excluding hydrogens is 506 g/mol. The fourth-order valence-electron chi connectivity index (χ4n) is 3.43. The molecule has 0 aromatic heterocycles. The summed E-state index contributed by atoms with van der Waals surface area (Å²) in [5.41, 5.74) is 0.767. The number of carbonyl (C=O) groups excluding carboxylic acids is 2. The molecule has 0 spiro atoms. The summed E-state index contributed by atoms with van der Waals surface area (Å²) in [6.45, 7) is 5.41. The van der Waals surface area contributed by atoms with Crippen molar-refractivity contribution < 1.29 is 27.5 Å². The summed E-state index contributed by atoms with van der Waals surface area (Å²) in [6, 6.07) is 10.7. The van der Waals surface area contributed by atoms with Crippen LogP contribution in [0.15, 0.2) is 42.5 Å². The van der Waals surface area contributed by atoms with Gasteiger partial charge in [-0.1, -0.05) is 43.6 Å². The number of benzene rings is 2. The zero-order valence-corrected chi connectivity index (χ0v) is 23.0. The molecule has 9 nitrogen and oxygen atoms in total. The third-order valence-corrected chi connectivity index (χ3v) is 6.98. The topological polar surface area (TPSA) is 105 Å². The van der Waals surface area contributed by atoms with E-state index >= 15 is 0 Å². The van der Waals surface area contributed by atoms with Gasteiger partial charge in [0, 0.05) is 24.2 Å². The molecule has 0 saturated heterocycles. The molecular formula is C25H34ClN3O6S. The van der Waals surface area contributed by atoms with Crippen molar-refractivity contribution in [3.63, 3.8) is 0 Å². The van der Waals surface area contributed by atoms with Gasteiger partial charge in [-0.25, -0.2) is 8.42 Å². The zero-order chi connectivity index (χ0) is 27.0. The number of hydrogen-bond donors (Lipinski definition) is 1. The van der Waals surface area contributed by atoms with Crippen LogP contribution in [0.3, 0.4) is 0 Å². The monoisotopic (exact) mass is 539 g/mol. The lowest BCUT2D eigenvalue weighted by atomic mass is 10.1. The van der Waals surface area contributed by atoms with Gasteiger partial charge in [0.25, 0.3) is 0 Å². The van der Waals surface area contributed by atoms with Crippen LogP contribution in [0.1, 0.15) is 26.3 Å². The summed E-state index contributed by atoms with van der Waals surface area (Å²) < 4.78 is 37.1. The highest BCUT2D eigenvalue weighted by atomic mass is 35.5. The molecule has 0 saturated carbocycles. The number of nitrogens with zero attached hydrogens (tertiary/aromatic N) is 2. The lowest BCUT2D eigenvalue weighted by Crippen LogP contribution is -2.51. The molecule has 0 unspecified atom stereocenters. The van der Waals surface area contributed by atoms with Gasteiger partial charge >= 0.3 is 0 Å². The lowest BCUT2D eigenvalue weighted by molar-refractivity contribution is -0.139. The van der Waals surface area contributed by atoms with Gasteiger partial charge in [-0.05, 0) is 36.6 Å². The minimum Gasteiger partial charge on any atom is -0.497 e. The summed E-state index contributed by atoms with van der Waals surface area (Å²) in [5.74, 6) is -0.0860. The average Bonchev–Trinajstić information content (AvgIpc) is 2.83. The maximum Gasteiger partial charge on any atom is 0.244 e. The van der Waals surface area contributed by atoms with Gasteiger partial charge in [0.2, 0.25) is 21.8 Å². The number of hydrogen-bond acceptors (Lipinski definition) is 6. The highest BCUT2D eigenvalue weighted by Crippen LogP contribution is 2.34. The van der Waals surface area contributed by atoms with E-state index in [1.54, 1.807) is 43.3 Å². The molecule has 0 bridgehead atoms. The van der Waals surface area contributed by atoms with E-state index in [1.165, 1.54) is 25.2 Å². The van der Waals surface area contributed by atoms with Crippen LogP contribution in [-0.2, 0) is 26.2 Å². The van der Waals surface area contributed by atoms with Crippen molar-refractivity contribution in [2.45, 2.75) is 33.4 Å². The van der Waals surface area contributed by atoms with Crippen molar-refractivity contribution in [1.82, 2.24) is 10.2 Å². The first-order chi connectivity index (χ1) is 16.9. The van der Waals surface area contributed by atoms with Gasteiger partial charge in [0.05, 0.1) is 26.2 Å². The Morgan fingerprint density at radius 3 is 2.28 bits per heavy atom. The Morgan fingerprint density at radius 1 is 1.06 bits per heavy atom. The molecule has 2 rings (SSSR count). The highest BCUT2D eigenvalue weighted by Gasteiger charge is 2.31. The van der Waals surface area contributed by atoms with Gasteiger partial charge < -0.3 is 19.7 Å².